The molecule has 6 heteroatoms. The lowest BCUT2D eigenvalue weighted by molar-refractivity contribution is -0.136. The molecule has 0 atom stereocenters. The highest BCUT2D eigenvalue weighted by molar-refractivity contribution is 5.76. The average Bonchev–Trinajstić information content (AvgIpc) is 3.09. The summed E-state index contributed by atoms with van der Waals surface area (Å²) in [5.74, 6) is -0.194. The summed E-state index contributed by atoms with van der Waals surface area (Å²) in [4.78, 5) is 11.2. The maximum absolute atomic E-state index is 13.8. The van der Waals surface area contributed by atoms with E-state index in [1.165, 1.54) is 12.1 Å². The number of carbonyl (C=O) groups is 1. The average molecular weight is 410 g/mol. The second-order valence-electron chi connectivity index (χ2n) is 7.75. The van der Waals surface area contributed by atoms with Crippen LogP contribution >= 0.6 is 0 Å². The van der Waals surface area contributed by atoms with Crippen LogP contribution in [0.5, 0.6) is 5.75 Å². The number of nitrogens with zero attached hydrogens (tertiary/aromatic N) is 2. The van der Waals surface area contributed by atoms with Crippen LogP contribution in [0.3, 0.4) is 0 Å². The number of benzene rings is 2. The van der Waals surface area contributed by atoms with Crippen molar-refractivity contribution in [1.82, 2.24) is 9.78 Å². The molecule has 1 aromatic heterocycles. The fourth-order valence-corrected chi connectivity index (χ4v) is 3.31. The van der Waals surface area contributed by atoms with Crippen molar-refractivity contribution in [3.05, 3.63) is 59.9 Å². The number of carboxylic acids is 1. The third-order valence-electron chi connectivity index (χ3n) is 4.58. The SMILES string of the molecule is CCCOc1ccc(CC(=O)O)cc1-c1cc(-c2cccc(F)c2)n(CC(C)C)n1. The topological polar surface area (TPSA) is 64.3 Å². The van der Waals surface area contributed by atoms with E-state index in [4.69, 9.17) is 9.84 Å². The number of carboxylic acid groups (broad SMARTS) is 1. The Morgan fingerprint density at radius 1 is 1.20 bits per heavy atom. The summed E-state index contributed by atoms with van der Waals surface area (Å²) < 4.78 is 21.6. The van der Waals surface area contributed by atoms with Gasteiger partial charge in [-0.1, -0.05) is 39.0 Å². The van der Waals surface area contributed by atoms with E-state index in [-0.39, 0.29) is 12.2 Å². The lowest BCUT2D eigenvalue weighted by Crippen LogP contribution is -2.08. The molecule has 0 radical (unpaired) electrons. The lowest BCUT2D eigenvalue weighted by atomic mass is 10.0. The number of aliphatic carboxylic acids is 1. The first kappa shape index (κ1) is 21.6. The Bertz CT molecular complexity index is 1030. The highest BCUT2D eigenvalue weighted by Gasteiger charge is 2.17. The van der Waals surface area contributed by atoms with Gasteiger partial charge in [0, 0.05) is 17.7 Å². The van der Waals surface area contributed by atoms with Gasteiger partial charge in [0.1, 0.15) is 11.6 Å². The van der Waals surface area contributed by atoms with Crippen molar-refractivity contribution in [3.8, 4) is 28.3 Å². The molecule has 0 unspecified atom stereocenters. The minimum atomic E-state index is -0.894. The summed E-state index contributed by atoms with van der Waals surface area (Å²) in [5, 5.41) is 14.0. The molecule has 0 amide bonds. The molecule has 1 heterocycles. The Hall–Kier alpha value is -3.15. The molecule has 0 fully saturated rings. The summed E-state index contributed by atoms with van der Waals surface area (Å²) >= 11 is 0. The Morgan fingerprint density at radius 2 is 2.00 bits per heavy atom. The second kappa shape index (κ2) is 9.57. The first-order valence-corrected chi connectivity index (χ1v) is 10.2. The first-order chi connectivity index (χ1) is 14.4. The van der Waals surface area contributed by atoms with E-state index in [0.29, 0.717) is 36.1 Å². The number of hydrogen-bond donors (Lipinski definition) is 1. The summed E-state index contributed by atoms with van der Waals surface area (Å²) in [6.45, 7) is 7.44. The highest BCUT2D eigenvalue weighted by Crippen LogP contribution is 2.34. The quantitative estimate of drug-likeness (QED) is 0.511. The standard InChI is InChI=1S/C24H27FN2O3/c1-4-10-30-23-9-8-17(12-24(28)29)11-20(23)21-14-22(27(26-21)15-16(2)3)18-6-5-7-19(25)13-18/h5-9,11,13-14,16H,4,10,12,15H2,1-3H3,(H,28,29). The molecule has 0 saturated heterocycles. The molecule has 30 heavy (non-hydrogen) atoms. The van der Waals surface area contributed by atoms with Crippen LogP contribution in [-0.2, 0) is 17.8 Å². The van der Waals surface area contributed by atoms with E-state index in [9.17, 15) is 14.3 Å². The van der Waals surface area contributed by atoms with Gasteiger partial charge >= 0.3 is 5.97 Å². The largest absolute Gasteiger partial charge is 0.493 e. The molecule has 0 aliphatic heterocycles. The van der Waals surface area contributed by atoms with Crippen molar-refractivity contribution >= 4 is 5.97 Å². The van der Waals surface area contributed by atoms with Gasteiger partial charge in [-0.25, -0.2) is 4.39 Å². The second-order valence-corrected chi connectivity index (χ2v) is 7.75. The van der Waals surface area contributed by atoms with E-state index in [1.54, 1.807) is 18.2 Å². The molecule has 5 nitrogen and oxygen atoms in total. The van der Waals surface area contributed by atoms with Crippen LogP contribution in [0.4, 0.5) is 4.39 Å². The summed E-state index contributed by atoms with van der Waals surface area (Å²) in [6, 6.07) is 13.7. The molecule has 1 N–H and O–H groups in total. The zero-order valence-corrected chi connectivity index (χ0v) is 17.6. The maximum Gasteiger partial charge on any atom is 0.307 e. The third kappa shape index (κ3) is 5.26. The van der Waals surface area contributed by atoms with Crippen LogP contribution in [0.15, 0.2) is 48.5 Å². The zero-order valence-electron chi connectivity index (χ0n) is 17.6. The van der Waals surface area contributed by atoms with Crippen LogP contribution in [0.1, 0.15) is 32.8 Å². The van der Waals surface area contributed by atoms with Gasteiger partial charge in [-0.05, 0) is 48.2 Å². The van der Waals surface area contributed by atoms with Crippen molar-refractivity contribution in [2.45, 2.75) is 40.2 Å². The van der Waals surface area contributed by atoms with Crippen LogP contribution in [0.25, 0.3) is 22.5 Å². The van der Waals surface area contributed by atoms with Gasteiger partial charge in [0.15, 0.2) is 0 Å². The molecular formula is C24H27FN2O3. The first-order valence-electron chi connectivity index (χ1n) is 10.2. The molecule has 0 aliphatic carbocycles. The van der Waals surface area contributed by atoms with E-state index < -0.39 is 5.97 Å². The number of hydrogen-bond acceptors (Lipinski definition) is 3. The highest BCUT2D eigenvalue weighted by atomic mass is 19.1. The molecule has 3 rings (SSSR count). The van der Waals surface area contributed by atoms with E-state index >= 15 is 0 Å². The van der Waals surface area contributed by atoms with Crippen LogP contribution < -0.4 is 4.74 Å². The summed E-state index contributed by atoms with van der Waals surface area (Å²) in [7, 11) is 0. The molecule has 158 valence electrons. The molecule has 2 aromatic carbocycles. The van der Waals surface area contributed by atoms with E-state index in [2.05, 4.69) is 13.8 Å². The maximum atomic E-state index is 13.8. The van der Waals surface area contributed by atoms with E-state index in [1.807, 2.05) is 29.8 Å². The van der Waals surface area contributed by atoms with Gasteiger partial charge in [0.05, 0.1) is 24.4 Å². The van der Waals surface area contributed by atoms with Crippen molar-refractivity contribution in [3.63, 3.8) is 0 Å². The Labute approximate surface area is 176 Å². The van der Waals surface area contributed by atoms with Gasteiger partial charge < -0.3 is 9.84 Å². The molecule has 0 spiro atoms. The number of ether oxygens (including phenoxy) is 1. The lowest BCUT2D eigenvalue weighted by Gasteiger charge is -2.11. The summed E-state index contributed by atoms with van der Waals surface area (Å²) in [5.41, 5.74) is 3.64. The van der Waals surface area contributed by atoms with E-state index in [0.717, 1.165) is 23.2 Å². The molecule has 3 aromatic rings. The fraction of sp³-hybridized carbons (Fsp3) is 0.333. The Balaban J connectivity index is 2.12. The van der Waals surface area contributed by atoms with Crippen LogP contribution in [0.2, 0.25) is 0 Å². The number of aromatic nitrogens is 2. The monoisotopic (exact) mass is 410 g/mol. The minimum absolute atomic E-state index is 0.0789. The molecule has 0 saturated carbocycles. The zero-order chi connectivity index (χ0) is 21.7. The predicted octanol–water partition coefficient (Wildman–Crippen LogP) is 5.43. The van der Waals surface area contributed by atoms with Crippen molar-refractivity contribution < 1.29 is 19.0 Å². The third-order valence-corrected chi connectivity index (χ3v) is 4.58. The normalized spacial score (nSPS) is 11.1. The molecule has 0 aliphatic rings. The predicted molar refractivity (Wildman–Crippen MR) is 115 cm³/mol. The fourth-order valence-electron chi connectivity index (χ4n) is 3.31. The van der Waals surface area contributed by atoms with Gasteiger partial charge in [0.2, 0.25) is 0 Å². The molecular weight excluding hydrogens is 383 g/mol. The minimum Gasteiger partial charge on any atom is -0.493 e. The molecule has 0 bridgehead atoms. The van der Waals surface area contributed by atoms with Crippen LogP contribution in [-0.4, -0.2) is 27.5 Å². The van der Waals surface area contributed by atoms with Gasteiger partial charge in [-0.15, -0.1) is 0 Å². The van der Waals surface area contributed by atoms with Gasteiger partial charge in [0.25, 0.3) is 0 Å². The van der Waals surface area contributed by atoms with Crippen molar-refractivity contribution in [2.75, 3.05) is 6.61 Å². The number of halogens is 1. The Morgan fingerprint density at radius 3 is 2.67 bits per heavy atom. The smallest absolute Gasteiger partial charge is 0.307 e. The van der Waals surface area contributed by atoms with Gasteiger partial charge in [-0.2, -0.15) is 5.10 Å². The van der Waals surface area contributed by atoms with Crippen LogP contribution in [0, 0.1) is 11.7 Å². The number of rotatable bonds is 9. The van der Waals surface area contributed by atoms with Gasteiger partial charge in [-0.3, -0.25) is 9.48 Å². The van der Waals surface area contributed by atoms with Crippen molar-refractivity contribution in [1.29, 1.82) is 0 Å². The Kier molecular flexibility index (Phi) is 6.87. The summed E-state index contributed by atoms with van der Waals surface area (Å²) in [6.07, 6.45) is 0.775. The van der Waals surface area contributed by atoms with Crippen molar-refractivity contribution in [2.24, 2.45) is 5.92 Å².